The van der Waals surface area contributed by atoms with Crippen LogP contribution in [-0.2, 0) is 22.4 Å². The van der Waals surface area contributed by atoms with Gasteiger partial charge in [-0.25, -0.2) is 4.98 Å². The van der Waals surface area contributed by atoms with Crippen molar-refractivity contribution in [3.8, 4) is 5.75 Å². The highest BCUT2D eigenvalue weighted by atomic mass is 16.5. The lowest BCUT2D eigenvalue weighted by atomic mass is 9.72. The summed E-state index contributed by atoms with van der Waals surface area (Å²) in [5, 5.41) is 17.0. The fraction of sp³-hybridized carbons (Fsp3) is 0.438. The number of likely N-dealkylation sites (tertiary alicyclic amines) is 1. The summed E-state index contributed by atoms with van der Waals surface area (Å²) in [5.41, 5.74) is 1.06. The van der Waals surface area contributed by atoms with E-state index in [0.29, 0.717) is 17.0 Å². The van der Waals surface area contributed by atoms with Crippen LogP contribution in [0.25, 0.3) is 0 Å². The average molecular weight is 574 g/mol. The number of benzene rings is 2. The van der Waals surface area contributed by atoms with E-state index in [4.69, 9.17) is 4.74 Å². The minimum atomic E-state index is -0.958. The Kier molecular flexibility index (Phi) is 9.22. The largest absolute Gasteiger partial charge is 0.497 e. The normalized spacial score (nSPS) is 17.9. The number of aliphatic hydroxyl groups is 1. The minimum absolute atomic E-state index is 0.166. The molecule has 1 saturated carbocycles. The molecule has 3 aromatic rings. The molecule has 0 radical (unpaired) electrons. The molecule has 2 aromatic carbocycles. The van der Waals surface area contributed by atoms with E-state index in [2.05, 4.69) is 20.6 Å². The summed E-state index contributed by atoms with van der Waals surface area (Å²) >= 11 is 0. The monoisotopic (exact) mass is 573 g/mol. The Labute approximate surface area is 245 Å². The Morgan fingerprint density at radius 2 is 1.71 bits per heavy atom. The number of nitrogens with zero attached hydrogens (tertiary/aromatic N) is 2. The second-order valence-corrected chi connectivity index (χ2v) is 11.4. The molecule has 0 spiro atoms. The molecule has 10 heteroatoms. The number of carbonyl (C=O) groups excluding carboxylic acids is 3. The lowest BCUT2D eigenvalue weighted by Crippen LogP contribution is -2.69. The molecule has 1 aliphatic heterocycles. The van der Waals surface area contributed by atoms with E-state index in [1.165, 1.54) is 12.7 Å². The van der Waals surface area contributed by atoms with E-state index in [9.17, 15) is 19.5 Å². The molecule has 2 atom stereocenters. The zero-order chi connectivity index (χ0) is 29.5. The zero-order valence-corrected chi connectivity index (χ0v) is 23.9. The summed E-state index contributed by atoms with van der Waals surface area (Å²) in [4.78, 5) is 49.2. The lowest BCUT2D eigenvalue weighted by molar-refractivity contribution is -0.172. The second kappa shape index (κ2) is 13.2. The van der Waals surface area contributed by atoms with Gasteiger partial charge < -0.3 is 30.4 Å². The fourth-order valence-electron chi connectivity index (χ4n) is 6.02. The molecule has 0 unspecified atom stereocenters. The molecule has 42 heavy (non-hydrogen) atoms. The number of aromatic nitrogens is 2. The van der Waals surface area contributed by atoms with E-state index in [1.54, 1.807) is 42.5 Å². The van der Waals surface area contributed by atoms with Crippen molar-refractivity contribution in [3.63, 3.8) is 0 Å². The standard InChI is InChI=1S/C32H39N5O5/c1-42-26-14-12-22(13-15-26)16-28(31(40)37-19-32(41,20-37)24-10-6-3-7-11-24)36-30(39)27(17-25-18-33-21-34-25)35-29(38)23-8-4-2-5-9-23/h2,4-5,8-9,12-15,18,21,24,27-28,41H,3,6-7,10-11,16-17,19-20H2,1H3,(H,33,34)(H,35,38)(H,36,39)/t27-,28-/m0/s1. The van der Waals surface area contributed by atoms with E-state index in [-0.39, 0.29) is 37.8 Å². The van der Waals surface area contributed by atoms with E-state index in [0.717, 1.165) is 31.2 Å². The number of H-pyrrole nitrogens is 1. The van der Waals surface area contributed by atoms with Gasteiger partial charge in [-0.15, -0.1) is 0 Å². The number of hydrogen-bond donors (Lipinski definition) is 4. The van der Waals surface area contributed by atoms with Gasteiger partial charge in [0.1, 0.15) is 23.4 Å². The van der Waals surface area contributed by atoms with Crippen LogP contribution in [0.4, 0.5) is 0 Å². The van der Waals surface area contributed by atoms with Gasteiger partial charge >= 0.3 is 0 Å². The number of amides is 3. The highest BCUT2D eigenvalue weighted by Gasteiger charge is 2.50. The molecule has 2 aliphatic rings. The second-order valence-electron chi connectivity index (χ2n) is 11.4. The van der Waals surface area contributed by atoms with Crippen molar-refractivity contribution in [1.82, 2.24) is 25.5 Å². The summed E-state index contributed by atoms with van der Waals surface area (Å²) in [7, 11) is 1.59. The van der Waals surface area contributed by atoms with Crippen LogP contribution in [0, 0.1) is 5.92 Å². The molecule has 5 rings (SSSR count). The Morgan fingerprint density at radius 1 is 1.00 bits per heavy atom. The van der Waals surface area contributed by atoms with E-state index in [1.807, 2.05) is 30.3 Å². The predicted octanol–water partition coefficient (Wildman–Crippen LogP) is 2.64. The highest BCUT2D eigenvalue weighted by Crippen LogP contribution is 2.38. The maximum Gasteiger partial charge on any atom is 0.251 e. The first-order valence-corrected chi connectivity index (χ1v) is 14.6. The topological polar surface area (TPSA) is 137 Å². The molecule has 2 heterocycles. The van der Waals surface area contributed by atoms with Gasteiger partial charge in [0, 0.05) is 30.3 Å². The van der Waals surface area contributed by atoms with Gasteiger partial charge in [0.2, 0.25) is 11.8 Å². The van der Waals surface area contributed by atoms with Gasteiger partial charge in [0.25, 0.3) is 5.91 Å². The molecule has 1 aliphatic carbocycles. The number of rotatable bonds is 11. The maximum atomic E-state index is 13.8. The lowest BCUT2D eigenvalue weighted by Gasteiger charge is -2.52. The fourth-order valence-corrected chi connectivity index (χ4v) is 6.02. The first kappa shape index (κ1) is 29.3. The zero-order valence-electron chi connectivity index (χ0n) is 23.9. The van der Waals surface area contributed by atoms with E-state index < -0.39 is 29.5 Å². The predicted molar refractivity (Wildman–Crippen MR) is 157 cm³/mol. The van der Waals surface area contributed by atoms with E-state index >= 15 is 0 Å². The van der Waals surface area contributed by atoms with Gasteiger partial charge in [-0.2, -0.15) is 0 Å². The van der Waals surface area contributed by atoms with Crippen molar-refractivity contribution in [2.24, 2.45) is 5.92 Å². The smallest absolute Gasteiger partial charge is 0.251 e. The quantitative estimate of drug-likeness (QED) is 0.278. The number of aromatic amines is 1. The summed E-state index contributed by atoms with van der Waals surface area (Å²) in [6.45, 7) is 0.515. The summed E-state index contributed by atoms with van der Waals surface area (Å²) in [5.74, 6) is -0.252. The number of imidazole rings is 1. The molecule has 1 aromatic heterocycles. The average Bonchev–Trinajstić information content (AvgIpc) is 3.53. The SMILES string of the molecule is COc1ccc(C[C@H](NC(=O)[C@H](Cc2cnc[nH]2)NC(=O)c2ccccc2)C(=O)N2CC(O)(C3CCCCC3)C2)cc1. The van der Waals surface area contributed by atoms with Crippen molar-refractivity contribution in [2.75, 3.05) is 20.2 Å². The molecule has 0 bridgehead atoms. The molecule has 4 N–H and O–H groups in total. The van der Waals surface area contributed by atoms with Crippen molar-refractivity contribution in [1.29, 1.82) is 0 Å². The number of hydrogen-bond acceptors (Lipinski definition) is 6. The Morgan fingerprint density at radius 3 is 2.36 bits per heavy atom. The number of carbonyl (C=O) groups is 3. The van der Waals surface area contributed by atoms with Gasteiger partial charge in [-0.1, -0.05) is 49.6 Å². The van der Waals surface area contributed by atoms with Crippen LogP contribution in [0.2, 0.25) is 0 Å². The molecule has 3 amide bonds. The minimum Gasteiger partial charge on any atom is -0.497 e. The van der Waals surface area contributed by atoms with Gasteiger partial charge in [-0.3, -0.25) is 14.4 Å². The van der Waals surface area contributed by atoms with Crippen LogP contribution in [0.5, 0.6) is 5.75 Å². The molecule has 222 valence electrons. The number of β-amino-alcohol motifs (C(OH)–C–C–N with tert-alkyl or cyclic N) is 1. The Bertz CT molecular complexity index is 1330. The summed E-state index contributed by atoms with van der Waals surface area (Å²) in [6, 6.07) is 14.2. The van der Waals surface area contributed by atoms with Crippen LogP contribution in [-0.4, -0.2) is 75.6 Å². The third-order valence-corrected chi connectivity index (χ3v) is 8.46. The molecular formula is C32H39N5O5. The Balaban J connectivity index is 1.33. The molecule has 2 fully saturated rings. The Hall–Kier alpha value is -4.18. The summed E-state index contributed by atoms with van der Waals surface area (Å²) < 4.78 is 5.27. The molecule has 10 nitrogen and oxygen atoms in total. The number of methoxy groups -OCH3 is 1. The van der Waals surface area contributed by atoms with Crippen molar-refractivity contribution in [3.05, 3.63) is 83.9 Å². The van der Waals surface area contributed by atoms with Crippen LogP contribution in [0.1, 0.15) is 53.7 Å². The maximum absolute atomic E-state index is 13.8. The third-order valence-electron chi connectivity index (χ3n) is 8.46. The van der Waals surface area contributed by atoms with Gasteiger partial charge in [0.05, 0.1) is 26.5 Å². The first-order valence-electron chi connectivity index (χ1n) is 14.6. The first-order chi connectivity index (χ1) is 20.3. The van der Waals surface area contributed by atoms with Crippen molar-refractivity contribution < 1.29 is 24.2 Å². The van der Waals surface area contributed by atoms with Gasteiger partial charge in [0.15, 0.2) is 0 Å². The third kappa shape index (κ3) is 6.99. The number of nitrogens with one attached hydrogen (secondary N) is 3. The van der Waals surface area contributed by atoms with Crippen LogP contribution in [0.15, 0.2) is 67.1 Å². The highest BCUT2D eigenvalue weighted by molar-refractivity contribution is 5.98. The van der Waals surface area contributed by atoms with Crippen LogP contribution in [0.3, 0.4) is 0 Å². The van der Waals surface area contributed by atoms with Gasteiger partial charge in [-0.05, 0) is 48.6 Å². The van der Waals surface area contributed by atoms with Crippen molar-refractivity contribution in [2.45, 2.75) is 62.6 Å². The van der Waals surface area contributed by atoms with Crippen LogP contribution >= 0.6 is 0 Å². The number of ether oxygens (including phenoxy) is 1. The molecule has 1 saturated heterocycles. The van der Waals surface area contributed by atoms with Crippen molar-refractivity contribution >= 4 is 17.7 Å². The van der Waals surface area contributed by atoms with Crippen LogP contribution < -0.4 is 15.4 Å². The molecular weight excluding hydrogens is 534 g/mol. The summed E-state index contributed by atoms with van der Waals surface area (Å²) in [6.07, 6.45) is 8.85.